The Bertz CT molecular complexity index is 582. The van der Waals surface area contributed by atoms with Crippen LogP contribution in [0.2, 0.25) is 0 Å². The second kappa shape index (κ2) is 7.13. The molecule has 0 aliphatic carbocycles. The molecule has 1 fully saturated rings. The van der Waals surface area contributed by atoms with E-state index in [2.05, 4.69) is 15.9 Å². The van der Waals surface area contributed by atoms with Gasteiger partial charge in [-0.1, -0.05) is 6.07 Å². The number of carbonyl (C=O) groups excluding carboxylic acids is 1. The first-order valence-electron chi connectivity index (χ1n) is 7.50. The lowest BCUT2D eigenvalue weighted by Gasteiger charge is -2.35. The molecule has 1 aromatic carbocycles. The molecule has 0 bridgehead atoms. The molecule has 2 rings (SSSR count). The number of ether oxygens (including phenoxy) is 1. The van der Waals surface area contributed by atoms with E-state index >= 15 is 0 Å². The molecule has 1 aromatic rings. The molecule has 1 aliphatic rings. The Morgan fingerprint density at radius 1 is 1.17 bits per heavy atom. The number of halogens is 3. The molecule has 7 heteroatoms. The van der Waals surface area contributed by atoms with E-state index in [1.807, 2.05) is 25.7 Å². The minimum absolute atomic E-state index is 0.119. The third-order valence-electron chi connectivity index (χ3n) is 3.53. The van der Waals surface area contributed by atoms with Gasteiger partial charge in [0.2, 0.25) is 0 Å². The van der Waals surface area contributed by atoms with Gasteiger partial charge < -0.3 is 9.64 Å². The summed E-state index contributed by atoms with van der Waals surface area (Å²) < 4.78 is 32.9. The normalized spacial score (nSPS) is 16.5. The van der Waals surface area contributed by atoms with Crippen molar-refractivity contribution in [3.8, 4) is 0 Å². The molecule has 23 heavy (non-hydrogen) atoms. The highest BCUT2D eigenvalue weighted by Crippen LogP contribution is 2.22. The zero-order valence-corrected chi connectivity index (χ0v) is 15.1. The van der Waals surface area contributed by atoms with Crippen LogP contribution >= 0.6 is 15.9 Å². The quantitative estimate of drug-likeness (QED) is 0.720. The average molecular weight is 391 g/mol. The van der Waals surface area contributed by atoms with Gasteiger partial charge in [-0.25, -0.2) is 13.6 Å². The van der Waals surface area contributed by atoms with Crippen LogP contribution in [0.4, 0.5) is 13.6 Å². The van der Waals surface area contributed by atoms with E-state index in [9.17, 15) is 13.6 Å². The van der Waals surface area contributed by atoms with Gasteiger partial charge in [-0.05, 0) is 42.8 Å². The number of benzene rings is 1. The van der Waals surface area contributed by atoms with E-state index in [1.165, 1.54) is 6.07 Å². The first kappa shape index (κ1) is 18.1. The minimum atomic E-state index is -0.866. The van der Waals surface area contributed by atoms with Crippen LogP contribution in [0.3, 0.4) is 0 Å². The third kappa shape index (κ3) is 4.88. The van der Waals surface area contributed by atoms with Crippen molar-refractivity contribution in [1.82, 2.24) is 9.80 Å². The van der Waals surface area contributed by atoms with E-state index in [1.54, 1.807) is 11.0 Å². The molecule has 1 amide bonds. The topological polar surface area (TPSA) is 32.8 Å². The first-order chi connectivity index (χ1) is 10.7. The smallest absolute Gasteiger partial charge is 0.410 e. The Morgan fingerprint density at radius 2 is 1.78 bits per heavy atom. The lowest BCUT2D eigenvalue weighted by Crippen LogP contribution is -2.49. The van der Waals surface area contributed by atoms with Crippen molar-refractivity contribution in [3.63, 3.8) is 0 Å². The summed E-state index contributed by atoms with van der Waals surface area (Å²) in [5, 5.41) is 0. The van der Waals surface area contributed by atoms with Gasteiger partial charge in [-0.3, -0.25) is 4.90 Å². The largest absolute Gasteiger partial charge is 0.444 e. The molecular formula is C16H21BrF2N2O2. The SMILES string of the molecule is CC(C)(C)OC(=O)N1CCN(Cc2ccc(Br)c(F)c2F)CC1. The summed E-state index contributed by atoms with van der Waals surface area (Å²) in [4.78, 5) is 15.6. The van der Waals surface area contributed by atoms with Gasteiger partial charge in [0.1, 0.15) is 5.60 Å². The van der Waals surface area contributed by atoms with Gasteiger partial charge in [-0.15, -0.1) is 0 Å². The minimum Gasteiger partial charge on any atom is -0.444 e. The molecule has 128 valence electrons. The van der Waals surface area contributed by atoms with Crippen LogP contribution in [0.5, 0.6) is 0 Å². The maximum Gasteiger partial charge on any atom is 0.410 e. The van der Waals surface area contributed by atoms with Crippen molar-refractivity contribution in [3.05, 3.63) is 33.8 Å². The van der Waals surface area contributed by atoms with Crippen LogP contribution in [0, 0.1) is 11.6 Å². The number of hydrogen-bond donors (Lipinski definition) is 0. The Hall–Kier alpha value is -1.21. The first-order valence-corrected chi connectivity index (χ1v) is 8.29. The highest BCUT2D eigenvalue weighted by atomic mass is 79.9. The zero-order valence-electron chi connectivity index (χ0n) is 13.5. The zero-order chi connectivity index (χ0) is 17.2. The van der Waals surface area contributed by atoms with Crippen molar-refractivity contribution in [2.24, 2.45) is 0 Å². The molecule has 0 atom stereocenters. The summed E-state index contributed by atoms with van der Waals surface area (Å²) in [6.45, 7) is 8.00. The molecule has 4 nitrogen and oxygen atoms in total. The van der Waals surface area contributed by atoms with Crippen LogP contribution in [0.15, 0.2) is 16.6 Å². The number of amides is 1. The highest BCUT2D eigenvalue weighted by Gasteiger charge is 2.26. The standard InChI is InChI=1S/C16H21BrF2N2O2/c1-16(2,3)23-15(22)21-8-6-20(7-9-21)10-11-4-5-12(17)14(19)13(11)18/h4-5H,6-10H2,1-3H3. The molecule has 1 aliphatic heterocycles. The van der Waals surface area contributed by atoms with Crippen LogP contribution in [-0.2, 0) is 11.3 Å². The summed E-state index contributed by atoms with van der Waals surface area (Å²) in [5.41, 5.74) is -0.205. The highest BCUT2D eigenvalue weighted by molar-refractivity contribution is 9.10. The Balaban J connectivity index is 1.90. The van der Waals surface area contributed by atoms with Crippen molar-refractivity contribution in [2.45, 2.75) is 32.9 Å². The molecule has 0 N–H and O–H groups in total. The van der Waals surface area contributed by atoms with Gasteiger partial charge in [0.15, 0.2) is 11.6 Å². The monoisotopic (exact) mass is 390 g/mol. The van der Waals surface area contributed by atoms with E-state index in [-0.39, 0.29) is 10.6 Å². The predicted molar refractivity (Wildman–Crippen MR) is 87.1 cm³/mol. The number of rotatable bonds is 2. The Morgan fingerprint density at radius 3 is 2.35 bits per heavy atom. The molecule has 1 heterocycles. The molecular weight excluding hydrogens is 370 g/mol. The number of nitrogens with zero attached hydrogens (tertiary/aromatic N) is 2. The van der Waals surface area contributed by atoms with Crippen LogP contribution in [0.1, 0.15) is 26.3 Å². The Labute approximate surface area is 143 Å². The second-order valence-corrected chi connectivity index (χ2v) is 7.43. The van der Waals surface area contributed by atoms with Gasteiger partial charge in [0.25, 0.3) is 0 Å². The van der Waals surface area contributed by atoms with Gasteiger partial charge in [0.05, 0.1) is 4.47 Å². The van der Waals surface area contributed by atoms with Crippen molar-refractivity contribution < 1.29 is 18.3 Å². The number of hydrogen-bond acceptors (Lipinski definition) is 3. The number of carbonyl (C=O) groups is 1. The summed E-state index contributed by atoms with van der Waals surface area (Å²) in [6, 6.07) is 3.08. The third-order valence-corrected chi connectivity index (χ3v) is 4.15. The second-order valence-electron chi connectivity index (χ2n) is 6.58. The molecule has 0 spiro atoms. The van der Waals surface area contributed by atoms with Crippen molar-refractivity contribution in [2.75, 3.05) is 26.2 Å². The van der Waals surface area contributed by atoms with Crippen LogP contribution < -0.4 is 0 Å². The van der Waals surface area contributed by atoms with Gasteiger partial charge >= 0.3 is 6.09 Å². The summed E-state index contributed by atoms with van der Waals surface area (Å²) in [6.07, 6.45) is -0.335. The average Bonchev–Trinajstić information content (AvgIpc) is 2.47. The maximum absolute atomic E-state index is 13.9. The molecule has 0 radical (unpaired) electrons. The summed E-state index contributed by atoms with van der Waals surface area (Å²) in [5.74, 6) is -1.69. The van der Waals surface area contributed by atoms with E-state index < -0.39 is 17.2 Å². The number of piperazine rings is 1. The van der Waals surface area contributed by atoms with E-state index in [0.717, 1.165) is 0 Å². The lowest BCUT2D eigenvalue weighted by molar-refractivity contribution is 0.0138. The van der Waals surface area contributed by atoms with Crippen LogP contribution in [0.25, 0.3) is 0 Å². The predicted octanol–water partition coefficient (Wildman–Crippen LogP) is 3.78. The van der Waals surface area contributed by atoms with Crippen molar-refractivity contribution in [1.29, 1.82) is 0 Å². The molecule has 0 saturated carbocycles. The van der Waals surface area contributed by atoms with Gasteiger partial charge in [-0.2, -0.15) is 0 Å². The maximum atomic E-state index is 13.9. The fourth-order valence-electron chi connectivity index (χ4n) is 2.34. The van der Waals surface area contributed by atoms with E-state index in [4.69, 9.17) is 4.74 Å². The fraction of sp³-hybridized carbons (Fsp3) is 0.562. The van der Waals surface area contributed by atoms with Gasteiger partial charge in [0, 0.05) is 38.3 Å². The molecule has 1 saturated heterocycles. The fourth-order valence-corrected chi connectivity index (χ4v) is 2.65. The molecule has 0 aromatic heterocycles. The summed E-state index contributed by atoms with van der Waals surface area (Å²) in [7, 11) is 0. The lowest BCUT2D eigenvalue weighted by atomic mass is 10.1. The van der Waals surface area contributed by atoms with Crippen molar-refractivity contribution >= 4 is 22.0 Å². The van der Waals surface area contributed by atoms with Crippen LogP contribution in [-0.4, -0.2) is 47.7 Å². The van der Waals surface area contributed by atoms with E-state index in [0.29, 0.717) is 38.3 Å². The Kier molecular flexibility index (Phi) is 5.62. The summed E-state index contributed by atoms with van der Waals surface area (Å²) >= 11 is 2.97. The molecule has 0 unspecified atom stereocenters.